The zero-order valence-electron chi connectivity index (χ0n) is 23.7. The average Bonchev–Trinajstić information content (AvgIpc) is 2.50. The average molecular weight is 238 g/mol. The Balaban J connectivity index is 3.88. The molecule has 1 rings (SSSR count). The Hall–Kier alpha value is -0.130. The van der Waals surface area contributed by atoms with E-state index in [-0.39, 0.29) is 0 Å². The summed E-state index contributed by atoms with van der Waals surface area (Å²) in [6.45, 7) is -4.27. The Kier molecular flexibility index (Phi) is 0.978. The molecule has 5 heteroatoms. The first kappa shape index (κ1) is 2.41. The van der Waals surface area contributed by atoms with Crippen molar-refractivity contribution in [3.8, 4) is 0 Å². The van der Waals surface area contributed by atoms with Gasteiger partial charge in [0.25, 0.3) is 10.1 Å². The highest BCUT2D eigenvalue weighted by molar-refractivity contribution is 7.85. The van der Waals surface area contributed by atoms with Crippen LogP contribution in [-0.4, -0.2) is 31.2 Å². The molecule has 0 saturated heterocycles. The van der Waals surface area contributed by atoms with Gasteiger partial charge in [-0.25, -0.2) is 0 Å². The quantitative estimate of drug-likeness (QED) is 0.706. The first-order valence-corrected chi connectivity index (χ1v) is 4.66. The second kappa shape index (κ2) is 5.68. The third kappa shape index (κ3) is 5.57. The Morgan fingerprint density at radius 3 is 2.71 bits per heavy atom. The molecule has 0 unspecified atom stereocenters. The molecule has 0 aromatic rings. The molecule has 0 aliphatic heterocycles. The van der Waals surface area contributed by atoms with E-state index in [1.165, 1.54) is 0 Å². The van der Waals surface area contributed by atoms with Gasteiger partial charge < -0.3 is 5.32 Å². The van der Waals surface area contributed by atoms with Gasteiger partial charge in [-0.15, -0.1) is 0 Å². The molecule has 0 heterocycles. The summed E-state index contributed by atoms with van der Waals surface area (Å²) in [6.07, 6.45) is -24.8. The first-order chi connectivity index (χ1) is 13.0. The fourth-order valence-corrected chi connectivity index (χ4v) is 0.676. The van der Waals surface area contributed by atoms with Crippen LogP contribution >= 0.6 is 0 Å². The van der Waals surface area contributed by atoms with Crippen molar-refractivity contribution in [2.45, 2.75) is 44.3 Å². The first-order valence-electron chi connectivity index (χ1n) is 11.7. The van der Waals surface area contributed by atoms with Crippen LogP contribution in [0.1, 0.15) is 61.5 Å². The summed E-state index contributed by atoms with van der Waals surface area (Å²) in [4.78, 5) is 0. The summed E-state index contributed by atoms with van der Waals surface area (Å²) in [7, 11) is -6.00. The number of hydrogen-bond donors (Lipinski definition) is 2. The minimum absolute atomic E-state index is 1.03. The van der Waals surface area contributed by atoms with Crippen LogP contribution in [0.25, 0.3) is 0 Å². The van der Waals surface area contributed by atoms with Gasteiger partial charge in [-0.2, -0.15) is 8.42 Å². The van der Waals surface area contributed by atoms with Gasteiger partial charge in [0, 0.05) is 29.3 Å². The summed E-state index contributed by atoms with van der Waals surface area (Å²) in [6, 6.07) is -4.20. The summed E-state index contributed by atoms with van der Waals surface area (Å²) in [5.74, 6) is 0. The summed E-state index contributed by atoms with van der Waals surface area (Å²) < 4.78 is 162. The van der Waals surface area contributed by atoms with Gasteiger partial charge in [-0.1, -0.05) is 19.1 Å². The monoisotopic (exact) mass is 238 g/mol. The van der Waals surface area contributed by atoms with E-state index in [0.29, 0.717) is 0 Å². The third-order valence-electron chi connectivity index (χ3n) is 0.930. The summed E-state index contributed by atoms with van der Waals surface area (Å²) in [5, 5.41) is 1.03. The number of nitrogens with one attached hydrogen (secondary N) is 1. The molecule has 4 nitrogen and oxygen atoms in total. The predicted molar refractivity (Wildman–Crippen MR) is 55.9 cm³/mol. The maximum Gasteiger partial charge on any atom is 0.264 e. The lowest BCUT2D eigenvalue weighted by atomic mass is 9.95. The van der Waals surface area contributed by atoms with Crippen LogP contribution in [0.2, 0.25) is 0 Å². The lowest BCUT2D eigenvalue weighted by molar-refractivity contribution is 0.373. The largest absolute Gasteiger partial charge is 0.314 e. The summed E-state index contributed by atoms with van der Waals surface area (Å²) >= 11 is 0. The van der Waals surface area contributed by atoms with Crippen molar-refractivity contribution in [1.29, 1.82) is 0 Å². The van der Waals surface area contributed by atoms with Gasteiger partial charge in [0.05, 0.1) is 5.70 Å². The van der Waals surface area contributed by atoms with Gasteiger partial charge in [-0.05, 0) is 25.6 Å². The minimum Gasteiger partial charge on any atom is -0.314 e. The summed E-state index contributed by atoms with van der Waals surface area (Å²) in [5.41, 5.74) is -4.46. The molecule has 84 valence electrons. The van der Waals surface area contributed by atoms with Crippen LogP contribution in [0.3, 0.4) is 0 Å². The van der Waals surface area contributed by atoms with E-state index < -0.39 is 66.6 Å². The second-order valence-electron chi connectivity index (χ2n) is 1.95. The molecule has 14 heavy (non-hydrogen) atoms. The zero-order chi connectivity index (χ0) is 25.7. The topological polar surface area (TPSA) is 66.4 Å². The van der Waals surface area contributed by atoms with Crippen LogP contribution in [-0.2, 0) is 10.1 Å². The van der Waals surface area contributed by atoms with Gasteiger partial charge >= 0.3 is 0 Å². The van der Waals surface area contributed by atoms with E-state index in [1.54, 1.807) is 0 Å². The van der Waals surface area contributed by atoms with Gasteiger partial charge in [-0.3, -0.25) is 4.55 Å². The highest BCUT2D eigenvalue weighted by Gasteiger charge is 2.12. The molecule has 0 atom stereocenters. The molecule has 1 saturated carbocycles. The van der Waals surface area contributed by atoms with Crippen molar-refractivity contribution in [3.63, 3.8) is 0 Å². The van der Waals surface area contributed by atoms with Crippen LogP contribution < -0.4 is 5.32 Å². The van der Waals surface area contributed by atoms with Crippen molar-refractivity contribution in [2.75, 3.05) is 12.2 Å². The van der Waals surface area contributed by atoms with Gasteiger partial charge in [0.2, 0.25) is 0 Å². The van der Waals surface area contributed by atoms with Crippen molar-refractivity contribution in [1.82, 2.24) is 5.32 Å². The van der Waals surface area contributed by atoms with Crippen molar-refractivity contribution in [3.05, 3.63) is 0 Å². The van der Waals surface area contributed by atoms with E-state index in [9.17, 15) is 8.42 Å². The van der Waals surface area contributed by atoms with E-state index in [2.05, 4.69) is 0 Å². The van der Waals surface area contributed by atoms with Gasteiger partial charge in [0.1, 0.15) is 0 Å². The molecule has 1 aliphatic carbocycles. The minimum atomic E-state index is -6.00. The molecule has 0 amide bonds. The standard InChI is InChI=1S/C9H19NO3S/c11-14(12,13)8-4-7-10-9-5-2-1-3-6-9/h9-10H,1-8H2,(H,11,12,13)/i1D2,2D2,3D2,4D2,5D2,6D2,7D2,8D2,9D. The Labute approximate surface area is 110 Å². The maximum atomic E-state index is 11.2. The molecule has 0 aromatic carbocycles. The molecular formula is C9H19NO3S. The van der Waals surface area contributed by atoms with E-state index in [4.69, 9.17) is 27.9 Å². The highest BCUT2D eigenvalue weighted by atomic mass is 32.2. The van der Waals surface area contributed by atoms with Crippen LogP contribution in [0.5, 0.6) is 0 Å². The van der Waals surface area contributed by atoms with E-state index in [0.717, 1.165) is 5.32 Å². The second-order valence-corrected chi connectivity index (χ2v) is 3.11. The Bertz CT molecular complexity index is 819. The van der Waals surface area contributed by atoms with E-state index in [1.807, 2.05) is 0 Å². The van der Waals surface area contributed by atoms with Crippen LogP contribution in [0.15, 0.2) is 0 Å². The van der Waals surface area contributed by atoms with Crippen LogP contribution in [0, 0.1) is 0 Å². The normalized spacial score (nSPS) is 61.1. The molecule has 1 fully saturated rings. The number of hydrogen-bond acceptors (Lipinski definition) is 3. The van der Waals surface area contributed by atoms with E-state index >= 15 is 0 Å². The fourth-order valence-electron chi connectivity index (χ4n) is 0.496. The SMILES string of the molecule is [2H]C([2H])(NC1([2H])C([2H])([2H])C([2H])([2H])C([2H])([2H])C([2H])([2H])C1([2H])[2H])C([2H])([2H])C([2H])([2H])S(=O)(=O)O. The van der Waals surface area contributed by atoms with Crippen molar-refractivity contribution < 1.29 is 36.3 Å². The van der Waals surface area contributed by atoms with Gasteiger partial charge in [0.15, 0.2) is 0 Å². The fraction of sp³-hybridized carbons (Fsp3) is 1.00. The Morgan fingerprint density at radius 2 is 2.14 bits per heavy atom. The predicted octanol–water partition coefficient (Wildman–Crippen LogP) is 1.19. The number of rotatable bonds is 5. The lowest BCUT2D eigenvalue weighted by Crippen LogP contribution is -2.32. The molecule has 0 aromatic heterocycles. The molecule has 0 spiro atoms. The lowest BCUT2D eigenvalue weighted by Gasteiger charge is -2.22. The molecule has 0 bridgehead atoms. The zero-order valence-corrected chi connectivity index (χ0v) is 7.49. The maximum absolute atomic E-state index is 11.2. The Morgan fingerprint density at radius 1 is 1.50 bits per heavy atom. The third-order valence-corrected chi connectivity index (χ3v) is 1.29. The van der Waals surface area contributed by atoms with Crippen molar-refractivity contribution in [2.24, 2.45) is 0 Å². The highest BCUT2D eigenvalue weighted by Crippen LogP contribution is 2.17. The molecular weight excluding hydrogens is 202 g/mol. The van der Waals surface area contributed by atoms with Crippen LogP contribution in [0.4, 0.5) is 0 Å². The molecule has 2 N–H and O–H groups in total. The molecule has 0 radical (unpaired) electrons. The molecule has 1 aliphatic rings. The smallest absolute Gasteiger partial charge is 0.264 e. The van der Waals surface area contributed by atoms with Crippen molar-refractivity contribution >= 4 is 10.1 Å².